The van der Waals surface area contributed by atoms with E-state index in [1.807, 2.05) is 0 Å². The quantitative estimate of drug-likeness (QED) is 0.0260. The van der Waals surface area contributed by atoms with Crippen LogP contribution in [0.2, 0.25) is 0 Å². The molecule has 0 saturated carbocycles. The van der Waals surface area contributed by atoms with Crippen molar-refractivity contribution in [2.24, 2.45) is 0 Å². The molecule has 4 N–H and O–H groups in total. The Morgan fingerprint density at radius 2 is 0.778 bits per heavy atom. The van der Waals surface area contributed by atoms with E-state index in [1.165, 1.54) is 77.0 Å². The van der Waals surface area contributed by atoms with Gasteiger partial charge in [-0.1, -0.05) is 214 Å². The normalized spacial score (nSPS) is 19.3. The van der Waals surface area contributed by atoms with E-state index in [0.29, 0.717) is 12.8 Å². The van der Waals surface area contributed by atoms with Crippen molar-refractivity contribution in [2.45, 2.75) is 256 Å². The second kappa shape index (κ2) is 49.3. The van der Waals surface area contributed by atoms with Gasteiger partial charge in [0.25, 0.3) is 0 Å². The Morgan fingerprint density at radius 1 is 0.431 bits per heavy atom. The molecule has 11 heteroatoms. The van der Waals surface area contributed by atoms with E-state index in [2.05, 4.69) is 111 Å². The fourth-order valence-electron chi connectivity index (χ4n) is 8.10. The minimum Gasteiger partial charge on any atom is -0.479 e. The molecule has 410 valence electrons. The monoisotopic (exact) mass is 1010 g/mol. The predicted molar refractivity (Wildman–Crippen MR) is 293 cm³/mol. The van der Waals surface area contributed by atoms with Crippen LogP contribution in [0.15, 0.2) is 97.2 Å². The van der Waals surface area contributed by atoms with Crippen LogP contribution in [0.3, 0.4) is 0 Å². The second-order valence-corrected chi connectivity index (χ2v) is 19.0. The average Bonchev–Trinajstić information content (AvgIpc) is 3.37. The van der Waals surface area contributed by atoms with Crippen LogP contribution in [0.1, 0.15) is 219 Å². The van der Waals surface area contributed by atoms with E-state index in [9.17, 15) is 34.8 Å². The maximum Gasteiger partial charge on any atom is 0.335 e. The van der Waals surface area contributed by atoms with Gasteiger partial charge in [-0.2, -0.15) is 0 Å². The highest BCUT2D eigenvalue weighted by Gasteiger charge is 2.47. The zero-order chi connectivity index (χ0) is 52.4. The van der Waals surface area contributed by atoms with Crippen LogP contribution in [0, 0.1) is 0 Å². The van der Waals surface area contributed by atoms with Gasteiger partial charge in [-0.05, 0) is 89.9 Å². The summed E-state index contributed by atoms with van der Waals surface area (Å²) >= 11 is 0. The summed E-state index contributed by atoms with van der Waals surface area (Å²) in [6.45, 7) is 3.61. The zero-order valence-corrected chi connectivity index (χ0v) is 44.9. The number of ether oxygens (including phenoxy) is 4. The maximum absolute atomic E-state index is 12.9. The molecule has 1 saturated heterocycles. The molecule has 1 heterocycles. The van der Waals surface area contributed by atoms with Crippen LogP contribution in [-0.4, -0.2) is 88.4 Å². The van der Waals surface area contributed by atoms with Crippen molar-refractivity contribution < 1.29 is 53.8 Å². The number of unbranched alkanes of at least 4 members (excludes halogenated alkanes) is 20. The van der Waals surface area contributed by atoms with Crippen molar-refractivity contribution in [2.75, 3.05) is 13.2 Å². The Hall–Kier alpha value is -3.87. The number of aliphatic hydroxyl groups excluding tert-OH is 3. The molecule has 1 aliphatic heterocycles. The van der Waals surface area contributed by atoms with Gasteiger partial charge < -0.3 is 39.4 Å². The highest BCUT2D eigenvalue weighted by Crippen LogP contribution is 2.23. The molecular formula is C61H100O11. The van der Waals surface area contributed by atoms with E-state index in [-0.39, 0.29) is 19.4 Å². The SMILES string of the molecule is CC/C=C\C/C=C\C/C=C\C/C=C\CCCCCCCCCCCCC(=O)OCC(COC1OC(C(=O)O)C(O)C(O)C1O)OC(=O)CCCCCCCCCCCC/C=C\C/C=C\C/C=C\C/C=C\CC. The van der Waals surface area contributed by atoms with Gasteiger partial charge in [0.1, 0.15) is 24.9 Å². The zero-order valence-electron chi connectivity index (χ0n) is 44.9. The third kappa shape index (κ3) is 39.6. The van der Waals surface area contributed by atoms with Crippen molar-refractivity contribution in [3.05, 3.63) is 97.2 Å². The smallest absolute Gasteiger partial charge is 0.335 e. The molecule has 0 amide bonds. The van der Waals surface area contributed by atoms with Gasteiger partial charge in [0, 0.05) is 12.8 Å². The lowest BCUT2D eigenvalue weighted by molar-refractivity contribution is -0.298. The highest BCUT2D eigenvalue weighted by molar-refractivity contribution is 5.73. The third-order valence-corrected chi connectivity index (χ3v) is 12.4. The molecule has 0 spiro atoms. The lowest BCUT2D eigenvalue weighted by Crippen LogP contribution is -2.60. The third-order valence-electron chi connectivity index (χ3n) is 12.4. The molecule has 0 bridgehead atoms. The number of allylic oxidation sites excluding steroid dienone is 16. The first-order chi connectivity index (χ1) is 35.2. The van der Waals surface area contributed by atoms with Crippen LogP contribution in [0.25, 0.3) is 0 Å². The number of esters is 2. The molecule has 0 aliphatic carbocycles. The summed E-state index contributed by atoms with van der Waals surface area (Å²) < 4.78 is 21.9. The molecule has 0 aromatic carbocycles. The highest BCUT2D eigenvalue weighted by atomic mass is 16.7. The fraction of sp³-hybridized carbons (Fsp3) is 0.689. The minimum absolute atomic E-state index is 0.172. The van der Waals surface area contributed by atoms with Crippen molar-refractivity contribution in [3.63, 3.8) is 0 Å². The summed E-state index contributed by atoms with van der Waals surface area (Å²) in [5, 5.41) is 40.1. The summed E-state index contributed by atoms with van der Waals surface area (Å²) in [6.07, 6.45) is 58.8. The first-order valence-electron chi connectivity index (χ1n) is 28.3. The molecule has 0 aromatic rings. The molecular weight excluding hydrogens is 909 g/mol. The molecule has 6 unspecified atom stereocenters. The molecule has 0 radical (unpaired) electrons. The Labute approximate surface area is 436 Å². The Bertz CT molecular complexity index is 1560. The van der Waals surface area contributed by atoms with Gasteiger partial charge in [-0.25, -0.2) is 4.79 Å². The summed E-state index contributed by atoms with van der Waals surface area (Å²) in [5.74, 6) is -2.46. The topological polar surface area (TPSA) is 169 Å². The standard InChI is InChI=1S/C61H100O11/c1-3-5-7-9-11-13-15-17-19-21-23-25-27-29-31-33-35-37-39-41-43-45-47-49-54(62)69-51-53(52-70-61-58(66)56(64)57(65)59(72-61)60(67)68)71-55(63)50-48-46-44-42-40-38-36-34-32-30-28-26-24-22-20-18-16-14-12-10-8-6-4-2/h5-8,11-14,17-20,23-26,53,56-59,61,64-66H,3-4,9-10,15-16,21-22,27-52H2,1-2H3,(H,67,68)/b7-5-,8-6-,13-11-,14-12-,19-17-,20-18-,25-23-,26-24-. The molecule has 0 aromatic heterocycles. The van der Waals surface area contributed by atoms with Gasteiger partial charge in [-0.15, -0.1) is 0 Å². The van der Waals surface area contributed by atoms with E-state index in [1.54, 1.807) is 0 Å². The summed E-state index contributed by atoms with van der Waals surface area (Å²) in [4.78, 5) is 37.1. The fourth-order valence-corrected chi connectivity index (χ4v) is 8.10. The number of carbonyl (C=O) groups excluding carboxylic acids is 2. The minimum atomic E-state index is -1.87. The van der Waals surface area contributed by atoms with Crippen LogP contribution >= 0.6 is 0 Å². The van der Waals surface area contributed by atoms with Crippen LogP contribution in [-0.2, 0) is 33.3 Å². The van der Waals surface area contributed by atoms with Crippen LogP contribution < -0.4 is 0 Å². The number of aliphatic hydroxyl groups is 3. The van der Waals surface area contributed by atoms with E-state index >= 15 is 0 Å². The van der Waals surface area contributed by atoms with Crippen LogP contribution in [0.5, 0.6) is 0 Å². The number of rotatable bonds is 47. The lowest BCUT2D eigenvalue weighted by atomic mass is 9.99. The molecule has 1 rings (SSSR count). The van der Waals surface area contributed by atoms with Gasteiger partial charge in [0.15, 0.2) is 18.5 Å². The van der Waals surface area contributed by atoms with Gasteiger partial charge in [0.2, 0.25) is 0 Å². The summed E-state index contributed by atoms with van der Waals surface area (Å²) in [5.41, 5.74) is 0. The van der Waals surface area contributed by atoms with Crippen LogP contribution in [0.4, 0.5) is 0 Å². The van der Waals surface area contributed by atoms with Gasteiger partial charge >= 0.3 is 17.9 Å². The first kappa shape index (κ1) is 66.1. The number of carbonyl (C=O) groups is 3. The number of hydrogen-bond acceptors (Lipinski definition) is 10. The van der Waals surface area contributed by atoms with Gasteiger partial charge in [0.05, 0.1) is 6.61 Å². The molecule has 1 aliphatic rings. The Balaban J connectivity index is 2.26. The van der Waals surface area contributed by atoms with E-state index in [4.69, 9.17) is 18.9 Å². The predicted octanol–water partition coefficient (Wildman–Crippen LogP) is 14.3. The van der Waals surface area contributed by atoms with Crippen molar-refractivity contribution in [1.82, 2.24) is 0 Å². The Morgan fingerprint density at radius 3 is 1.17 bits per heavy atom. The van der Waals surface area contributed by atoms with E-state index in [0.717, 1.165) is 103 Å². The number of carboxylic acids is 1. The average molecular weight is 1010 g/mol. The number of hydrogen-bond donors (Lipinski definition) is 4. The molecule has 72 heavy (non-hydrogen) atoms. The maximum atomic E-state index is 12.9. The van der Waals surface area contributed by atoms with E-state index < -0.39 is 61.3 Å². The van der Waals surface area contributed by atoms with Crippen molar-refractivity contribution >= 4 is 17.9 Å². The lowest BCUT2D eigenvalue weighted by Gasteiger charge is -2.38. The molecule has 6 atom stereocenters. The summed E-state index contributed by atoms with van der Waals surface area (Å²) in [7, 11) is 0. The van der Waals surface area contributed by atoms with Crippen molar-refractivity contribution in [1.29, 1.82) is 0 Å². The number of carboxylic acid groups (broad SMARTS) is 1. The molecule has 11 nitrogen and oxygen atoms in total. The largest absolute Gasteiger partial charge is 0.479 e. The number of aliphatic carboxylic acids is 1. The van der Waals surface area contributed by atoms with Gasteiger partial charge in [-0.3, -0.25) is 9.59 Å². The van der Waals surface area contributed by atoms with Crippen molar-refractivity contribution in [3.8, 4) is 0 Å². The molecule has 1 fully saturated rings. The summed E-state index contributed by atoms with van der Waals surface area (Å²) in [6, 6.07) is 0. The Kier molecular flexibility index (Phi) is 45.3. The first-order valence-corrected chi connectivity index (χ1v) is 28.3. The second-order valence-electron chi connectivity index (χ2n) is 19.0.